The summed E-state index contributed by atoms with van der Waals surface area (Å²) in [6, 6.07) is 11.8. The lowest BCUT2D eigenvalue weighted by atomic mass is 9.95. The minimum atomic E-state index is -0.909. The number of nitrogens with zero attached hydrogens (tertiary/aromatic N) is 6. The summed E-state index contributed by atoms with van der Waals surface area (Å²) in [5, 5.41) is 12.2. The van der Waals surface area contributed by atoms with Crippen molar-refractivity contribution < 1.29 is 14.5 Å². The smallest absolute Gasteiger partial charge is 0.262 e. The highest BCUT2D eigenvalue weighted by Gasteiger charge is 2.27. The zero-order chi connectivity index (χ0) is 24.4. The summed E-state index contributed by atoms with van der Waals surface area (Å²) < 4.78 is 17.8. The second kappa shape index (κ2) is 11.1. The van der Waals surface area contributed by atoms with Gasteiger partial charge in [-0.3, -0.25) is 4.79 Å². The van der Waals surface area contributed by atoms with Crippen LogP contribution in [0.3, 0.4) is 0 Å². The Kier molecular flexibility index (Phi) is 7.92. The fourth-order valence-corrected chi connectivity index (χ4v) is 5.63. The monoisotopic (exact) mass is 509 g/mol. The summed E-state index contributed by atoms with van der Waals surface area (Å²) in [7, 11) is -0.909. The average molecular weight is 510 g/mol. The van der Waals surface area contributed by atoms with E-state index in [9.17, 15) is 9.00 Å². The molecule has 0 radical (unpaired) electrons. The Balaban J connectivity index is 0.00000304. The molecular weight excluding hydrogens is 478 g/mol. The number of benzene rings is 1. The minimum absolute atomic E-state index is 0. The molecule has 4 heterocycles. The van der Waals surface area contributed by atoms with Gasteiger partial charge in [-0.1, -0.05) is 24.6 Å². The number of fused-ring (bicyclic) bond motifs is 1. The van der Waals surface area contributed by atoms with E-state index in [2.05, 4.69) is 26.6 Å². The Morgan fingerprint density at radius 1 is 1.19 bits per heavy atom. The van der Waals surface area contributed by atoms with Crippen LogP contribution in [0.4, 0.5) is 5.82 Å². The molecule has 1 unspecified atom stereocenters. The van der Waals surface area contributed by atoms with Gasteiger partial charge in [0.05, 0.1) is 28.6 Å². The third-order valence-electron chi connectivity index (χ3n) is 6.31. The first-order valence-electron chi connectivity index (χ1n) is 11.9. The van der Waals surface area contributed by atoms with Crippen LogP contribution < -0.4 is 5.32 Å². The van der Waals surface area contributed by atoms with Gasteiger partial charge in [-0.25, -0.2) is 22.7 Å². The molecule has 1 atom stereocenters. The van der Waals surface area contributed by atoms with Crippen LogP contribution in [-0.2, 0) is 11.0 Å². The fraction of sp³-hybridized carbons (Fsp3) is 0.360. The average Bonchev–Trinajstić information content (AvgIpc) is 3.49. The van der Waals surface area contributed by atoms with E-state index in [1.807, 2.05) is 37.3 Å². The molecule has 0 aliphatic carbocycles. The van der Waals surface area contributed by atoms with Gasteiger partial charge in [0.15, 0.2) is 5.65 Å². The summed E-state index contributed by atoms with van der Waals surface area (Å²) in [6.07, 6.45) is 7.60. The van der Waals surface area contributed by atoms with Crippen LogP contribution >= 0.6 is 0 Å². The molecule has 1 saturated heterocycles. The van der Waals surface area contributed by atoms with Crippen LogP contribution in [-0.4, -0.2) is 63.1 Å². The number of amides is 1. The Morgan fingerprint density at radius 3 is 2.67 bits per heavy atom. The molecule has 0 bridgehead atoms. The van der Waals surface area contributed by atoms with E-state index in [-0.39, 0.29) is 17.3 Å². The Labute approximate surface area is 212 Å². The first-order valence-corrected chi connectivity index (χ1v) is 13.2. The molecule has 5 rings (SSSR count). The van der Waals surface area contributed by atoms with Gasteiger partial charge in [-0.05, 0) is 44.4 Å². The van der Waals surface area contributed by atoms with Crippen molar-refractivity contribution >= 4 is 28.4 Å². The SMILES string of the molecule is CCCS(=O)N1CCC(c2cc(NC(=O)c3cnn4cccnc34)n(-c3ccc(C)cc3)n2)CC1.O. The maximum atomic E-state index is 13.2. The molecule has 3 aromatic heterocycles. The molecule has 1 aromatic carbocycles. The predicted molar refractivity (Wildman–Crippen MR) is 140 cm³/mol. The molecule has 4 aromatic rings. The summed E-state index contributed by atoms with van der Waals surface area (Å²) in [4.78, 5) is 17.5. The number of hydrogen-bond acceptors (Lipinski definition) is 5. The van der Waals surface area contributed by atoms with Gasteiger partial charge >= 0.3 is 0 Å². The highest BCUT2D eigenvalue weighted by Crippen LogP contribution is 2.31. The molecule has 0 saturated carbocycles. The molecule has 3 N–H and O–H groups in total. The van der Waals surface area contributed by atoms with Gasteiger partial charge in [-0.2, -0.15) is 10.2 Å². The summed E-state index contributed by atoms with van der Waals surface area (Å²) in [6.45, 7) is 5.66. The van der Waals surface area contributed by atoms with Crippen molar-refractivity contribution in [2.45, 2.75) is 39.0 Å². The first kappa shape index (κ1) is 25.7. The van der Waals surface area contributed by atoms with Crippen LogP contribution in [0.2, 0.25) is 0 Å². The molecule has 11 heteroatoms. The number of rotatable bonds is 7. The number of carbonyl (C=O) groups excluding carboxylic acids is 1. The topological polar surface area (TPSA) is 129 Å². The summed E-state index contributed by atoms with van der Waals surface area (Å²) >= 11 is 0. The number of anilines is 1. The fourth-order valence-electron chi connectivity index (χ4n) is 4.40. The highest BCUT2D eigenvalue weighted by atomic mass is 32.2. The Morgan fingerprint density at radius 2 is 1.94 bits per heavy atom. The van der Waals surface area contributed by atoms with Crippen molar-refractivity contribution in [1.82, 2.24) is 28.7 Å². The number of piperidine rings is 1. The first-order chi connectivity index (χ1) is 17.0. The van der Waals surface area contributed by atoms with E-state index in [1.165, 1.54) is 6.20 Å². The van der Waals surface area contributed by atoms with Gasteiger partial charge < -0.3 is 10.8 Å². The maximum absolute atomic E-state index is 13.2. The van der Waals surface area contributed by atoms with Crippen LogP contribution in [0.25, 0.3) is 11.3 Å². The van der Waals surface area contributed by atoms with Crippen molar-refractivity contribution in [3.63, 3.8) is 0 Å². The van der Waals surface area contributed by atoms with Crippen molar-refractivity contribution in [3.05, 3.63) is 71.8 Å². The summed E-state index contributed by atoms with van der Waals surface area (Å²) in [5.74, 6) is 1.26. The lowest BCUT2D eigenvalue weighted by Crippen LogP contribution is -2.35. The van der Waals surface area contributed by atoms with Gasteiger partial charge in [0, 0.05) is 43.2 Å². The molecular formula is C25H31N7O3S. The number of carbonyl (C=O) groups is 1. The van der Waals surface area contributed by atoms with E-state index in [0.29, 0.717) is 22.8 Å². The second-order valence-electron chi connectivity index (χ2n) is 8.83. The molecule has 1 aliphatic rings. The zero-order valence-electron chi connectivity index (χ0n) is 20.4. The quantitative estimate of drug-likeness (QED) is 0.410. The predicted octanol–water partition coefficient (Wildman–Crippen LogP) is 2.90. The van der Waals surface area contributed by atoms with Crippen LogP contribution in [0, 0.1) is 6.92 Å². The van der Waals surface area contributed by atoms with E-state index in [4.69, 9.17) is 5.10 Å². The van der Waals surface area contributed by atoms with Gasteiger partial charge in [0.1, 0.15) is 11.4 Å². The third kappa shape index (κ3) is 5.23. The van der Waals surface area contributed by atoms with Crippen molar-refractivity contribution in [1.29, 1.82) is 0 Å². The highest BCUT2D eigenvalue weighted by molar-refractivity contribution is 7.82. The molecule has 36 heavy (non-hydrogen) atoms. The molecule has 1 aliphatic heterocycles. The molecule has 10 nitrogen and oxygen atoms in total. The second-order valence-corrected chi connectivity index (χ2v) is 10.4. The number of aryl methyl sites for hydroxylation is 1. The molecule has 0 spiro atoms. The number of nitrogens with one attached hydrogen (secondary N) is 1. The molecule has 190 valence electrons. The lowest BCUT2D eigenvalue weighted by Gasteiger charge is -2.29. The molecule has 1 fully saturated rings. The van der Waals surface area contributed by atoms with E-state index in [0.717, 1.165) is 49.3 Å². The lowest BCUT2D eigenvalue weighted by molar-refractivity contribution is 0.102. The third-order valence-corrected chi connectivity index (χ3v) is 8.01. The standard InChI is InChI=1S/C25H29N7O2S.H2O/c1-3-15-35(34)30-13-9-19(10-14-30)22-16-23(32(29-22)20-7-5-18(2)6-8-20)28-25(33)21-17-27-31-12-4-11-26-24(21)31;/h4-8,11-12,16-17,19H,3,9-10,13-15H2,1-2H3,(H,28,33);1H2. The van der Waals surface area contributed by atoms with Crippen molar-refractivity contribution in [2.24, 2.45) is 0 Å². The van der Waals surface area contributed by atoms with Crippen LogP contribution in [0.15, 0.2) is 55.0 Å². The van der Waals surface area contributed by atoms with Crippen molar-refractivity contribution in [2.75, 3.05) is 24.2 Å². The van der Waals surface area contributed by atoms with Crippen molar-refractivity contribution in [3.8, 4) is 5.69 Å². The minimum Gasteiger partial charge on any atom is -0.412 e. The van der Waals surface area contributed by atoms with Crippen LogP contribution in [0.5, 0.6) is 0 Å². The Bertz CT molecular complexity index is 1360. The largest absolute Gasteiger partial charge is 0.412 e. The van der Waals surface area contributed by atoms with Gasteiger partial charge in [0.25, 0.3) is 5.91 Å². The van der Waals surface area contributed by atoms with Gasteiger partial charge in [-0.15, -0.1) is 0 Å². The Hall–Kier alpha value is -3.41. The van der Waals surface area contributed by atoms with Crippen LogP contribution in [0.1, 0.15) is 53.7 Å². The van der Waals surface area contributed by atoms with E-state index < -0.39 is 11.0 Å². The number of aromatic nitrogens is 5. The van der Waals surface area contributed by atoms with E-state index in [1.54, 1.807) is 27.7 Å². The van der Waals surface area contributed by atoms with Gasteiger partial charge in [0.2, 0.25) is 0 Å². The zero-order valence-corrected chi connectivity index (χ0v) is 21.2. The normalized spacial score (nSPS) is 15.5. The summed E-state index contributed by atoms with van der Waals surface area (Å²) in [5.41, 5.74) is 3.85. The maximum Gasteiger partial charge on any atom is 0.262 e. The number of hydrogen-bond donors (Lipinski definition) is 1. The van der Waals surface area contributed by atoms with E-state index >= 15 is 0 Å². The molecule has 1 amide bonds.